The first kappa shape index (κ1) is 29.3. The Labute approximate surface area is 186 Å². The number of carbonyl (C=O) groups is 1. The fourth-order valence-corrected chi connectivity index (χ4v) is 3.49. The van der Waals surface area contributed by atoms with E-state index in [1.807, 2.05) is 0 Å². The molecule has 2 atom stereocenters. The quantitative estimate of drug-likeness (QED) is 0.164. The van der Waals surface area contributed by atoms with E-state index in [0.717, 1.165) is 84.2 Å². The molecule has 0 heterocycles. The van der Waals surface area contributed by atoms with Crippen LogP contribution in [0.15, 0.2) is 0 Å². The molecule has 7 heteroatoms. The van der Waals surface area contributed by atoms with Gasteiger partial charge in [0.25, 0.3) is 0 Å². The van der Waals surface area contributed by atoms with Crippen molar-refractivity contribution >= 4 is 5.91 Å². The van der Waals surface area contributed by atoms with E-state index in [1.54, 1.807) is 0 Å². The third kappa shape index (κ3) is 20.5. The highest BCUT2D eigenvalue weighted by molar-refractivity contribution is 5.81. The minimum absolute atomic E-state index is 0.0207. The SMILES string of the molecule is CC(CC(C)(C)C)NCCCCC(N)C(=O)NCCCNCCCCNCCCN. The van der Waals surface area contributed by atoms with Crippen LogP contribution >= 0.6 is 0 Å². The molecule has 0 saturated heterocycles. The highest BCUT2D eigenvalue weighted by atomic mass is 16.2. The van der Waals surface area contributed by atoms with Gasteiger partial charge in [-0.3, -0.25) is 4.79 Å². The van der Waals surface area contributed by atoms with E-state index in [1.165, 1.54) is 6.42 Å². The number of hydrogen-bond donors (Lipinski definition) is 6. The minimum atomic E-state index is -0.392. The van der Waals surface area contributed by atoms with Crippen molar-refractivity contribution < 1.29 is 4.79 Å². The number of hydrogen-bond acceptors (Lipinski definition) is 6. The lowest BCUT2D eigenvalue weighted by atomic mass is 9.89. The van der Waals surface area contributed by atoms with Crippen molar-refractivity contribution in [1.82, 2.24) is 21.3 Å². The molecule has 0 aromatic rings. The standard InChI is InChI=1S/C23H52N6O/c1-20(19-23(2,3)4)28-17-6-5-11-21(25)22(30)29-18-10-16-27-14-8-7-13-26-15-9-12-24/h20-21,26-28H,5-19,24-25H2,1-4H3,(H,29,30). The number of rotatable bonds is 20. The lowest BCUT2D eigenvalue weighted by molar-refractivity contribution is -0.122. The van der Waals surface area contributed by atoms with Crippen molar-refractivity contribution in [2.75, 3.05) is 45.8 Å². The fraction of sp³-hybridized carbons (Fsp3) is 0.957. The average molecular weight is 429 g/mol. The van der Waals surface area contributed by atoms with E-state index in [-0.39, 0.29) is 5.91 Å². The van der Waals surface area contributed by atoms with Gasteiger partial charge in [-0.25, -0.2) is 0 Å². The van der Waals surface area contributed by atoms with Crippen LogP contribution in [0.2, 0.25) is 0 Å². The molecule has 0 aliphatic heterocycles. The molecule has 0 aromatic heterocycles. The van der Waals surface area contributed by atoms with Crippen LogP contribution in [0.25, 0.3) is 0 Å². The molecule has 180 valence electrons. The van der Waals surface area contributed by atoms with Gasteiger partial charge in [0, 0.05) is 12.6 Å². The van der Waals surface area contributed by atoms with Crippen LogP contribution in [-0.4, -0.2) is 63.8 Å². The first-order valence-corrected chi connectivity index (χ1v) is 12.1. The zero-order chi connectivity index (χ0) is 22.7. The van der Waals surface area contributed by atoms with E-state index >= 15 is 0 Å². The van der Waals surface area contributed by atoms with Crippen LogP contribution in [0, 0.1) is 5.41 Å². The lowest BCUT2D eigenvalue weighted by Crippen LogP contribution is -2.41. The smallest absolute Gasteiger partial charge is 0.236 e. The number of carbonyl (C=O) groups excluding carboxylic acids is 1. The fourth-order valence-electron chi connectivity index (χ4n) is 3.49. The summed E-state index contributed by atoms with van der Waals surface area (Å²) in [7, 11) is 0. The van der Waals surface area contributed by atoms with E-state index in [9.17, 15) is 4.79 Å². The van der Waals surface area contributed by atoms with Crippen LogP contribution in [-0.2, 0) is 4.79 Å². The normalized spacial score (nSPS) is 13.9. The summed E-state index contributed by atoms with van der Waals surface area (Å²) >= 11 is 0. The zero-order valence-corrected chi connectivity index (χ0v) is 20.3. The predicted octanol–water partition coefficient (Wildman–Crippen LogP) is 1.71. The molecule has 0 aliphatic carbocycles. The van der Waals surface area contributed by atoms with Crippen molar-refractivity contribution in [2.24, 2.45) is 16.9 Å². The molecule has 0 fully saturated rings. The molecular formula is C23H52N6O. The largest absolute Gasteiger partial charge is 0.355 e. The molecule has 0 aromatic carbocycles. The minimum Gasteiger partial charge on any atom is -0.355 e. The molecule has 1 amide bonds. The second-order valence-corrected chi connectivity index (χ2v) is 9.72. The van der Waals surface area contributed by atoms with Gasteiger partial charge in [0.15, 0.2) is 0 Å². The zero-order valence-electron chi connectivity index (χ0n) is 20.3. The summed E-state index contributed by atoms with van der Waals surface area (Å²) in [5, 5.41) is 13.3. The summed E-state index contributed by atoms with van der Waals surface area (Å²) in [5.41, 5.74) is 11.8. The first-order valence-electron chi connectivity index (χ1n) is 12.1. The van der Waals surface area contributed by atoms with Crippen molar-refractivity contribution in [3.05, 3.63) is 0 Å². The topological polar surface area (TPSA) is 117 Å². The van der Waals surface area contributed by atoms with Gasteiger partial charge in [0.1, 0.15) is 0 Å². The van der Waals surface area contributed by atoms with Crippen LogP contribution in [0.5, 0.6) is 0 Å². The van der Waals surface area contributed by atoms with Crippen LogP contribution in [0.4, 0.5) is 0 Å². The van der Waals surface area contributed by atoms with E-state index < -0.39 is 6.04 Å². The van der Waals surface area contributed by atoms with Gasteiger partial charge in [-0.1, -0.05) is 27.2 Å². The molecular weight excluding hydrogens is 376 g/mol. The highest BCUT2D eigenvalue weighted by Gasteiger charge is 2.15. The van der Waals surface area contributed by atoms with Crippen LogP contribution < -0.4 is 32.7 Å². The Bertz CT molecular complexity index is 400. The Morgan fingerprint density at radius 2 is 1.40 bits per heavy atom. The average Bonchev–Trinajstić information content (AvgIpc) is 2.66. The summed E-state index contributed by atoms with van der Waals surface area (Å²) in [6.07, 6.45) is 8.26. The monoisotopic (exact) mass is 428 g/mol. The van der Waals surface area contributed by atoms with E-state index in [0.29, 0.717) is 18.0 Å². The Kier molecular flexibility index (Phi) is 18.5. The van der Waals surface area contributed by atoms with E-state index in [4.69, 9.17) is 11.5 Å². The Morgan fingerprint density at radius 3 is 2.00 bits per heavy atom. The van der Waals surface area contributed by atoms with Crippen molar-refractivity contribution in [3.63, 3.8) is 0 Å². The molecule has 2 unspecified atom stereocenters. The maximum Gasteiger partial charge on any atom is 0.236 e. The third-order valence-electron chi connectivity index (χ3n) is 5.03. The summed E-state index contributed by atoms with van der Waals surface area (Å²) in [6, 6.07) is 0.130. The second kappa shape index (κ2) is 19.0. The molecule has 0 aliphatic rings. The van der Waals surface area contributed by atoms with Crippen molar-refractivity contribution in [1.29, 1.82) is 0 Å². The third-order valence-corrected chi connectivity index (χ3v) is 5.03. The molecule has 30 heavy (non-hydrogen) atoms. The van der Waals surface area contributed by atoms with Crippen LogP contribution in [0.3, 0.4) is 0 Å². The van der Waals surface area contributed by atoms with Gasteiger partial charge in [-0.15, -0.1) is 0 Å². The van der Waals surface area contributed by atoms with Gasteiger partial charge in [0.2, 0.25) is 5.91 Å². The van der Waals surface area contributed by atoms with Gasteiger partial charge < -0.3 is 32.7 Å². The van der Waals surface area contributed by atoms with Crippen LogP contribution in [0.1, 0.15) is 79.1 Å². The van der Waals surface area contributed by atoms with Gasteiger partial charge in [0.05, 0.1) is 6.04 Å². The Morgan fingerprint density at radius 1 is 0.833 bits per heavy atom. The second-order valence-electron chi connectivity index (χ2n) is 9.72. The molecule has 0 spiro atoms. The van der Waals surface area contributed by atoms with Crippen molar-refractivity contribution in [2.45, 2.75) is 91.1 Å². The van der Waals surface area contributed by atoms with Gasteiger partial charge in [-0.05, 0) is 96.6 Å². The first-order chi connectivity index (χ1) is 14.3. The Balaban J connectivity index is 3.46. The van der Waals surface area contributed by atoms with Gasteiger partial charge in [-0.2, -0.15) is 0 Å². The number of amides is 1. The number of nitrogens with one attached hydrogen (secondary N) is 4. The number of nitrogens with two attached hydrogens (primary N) is 2. The predicted molar refractivity (Wildman–Crippen MR) is 130 cm³/mol. The maximum atomic E-state index is 12.1. The summed E-state index contributed by atoms with van der Waals surface area (Å²) in [4.78, 5) is 12.1. The molecule has 7 nitrogen and oxygen atoms in total. The summed E-state index contributed by atoms with van der Waals surface area (Å²) < 4.78 is 0. The molecule has 0 radical (unpaired) electrons. The van der Waals surface area contributed by atoms with Crippen molar-refractivity contribution in [3.8, 4) is 0 Å². The molecule has 0 saturated carbocycles. The summed E-state index contributed by atoms with van der Waals surface area (Å²) in [5.74, 6) is -0.0207. The van der Waals surface area contributed by atoms with Gasteiger partial charge >= 0.3 is 0 Å². The molecule has 0 rings (SSSR count). The number of unbranched alkanes of at least 4 members (excludes halogenated alkanes) is 2. The summed E-state index contributed by atoms with van der Waals surface area (Å²) in [6.45, 7) is 15.5. The van der Waals surface area contributed by atoms with E-state index in [2.05, 4.69) is 49.0 Å². The maximum absolute atomic E-state index is 12.1. The Hall–Kier alpha value is -0.730. The highest BCUT2D eigenvalue weighted by Crippen LogP contribution is 2.20. The molecule has 0 bridgehead atoms. The molecule has 8 N–H and O–H groups in total. The lowest BCUT2D eigenvalue weighted by Gasteiger charge is -2.24.